The van der Waals surface area contributed by atoms with E-state index in [9.17, 15) is 8.42 Å². The van der Waals surface area contributed by atoms with Crippen molar-refractivity contribution in [3.05, 3.63) is 0 Å². The van der Waals surface area contributed by atoms with Crippen molar-refractivity contribution in [3.8, 4) is 0 Å². The first-order valence-electron chi connectivity index (χ1n) is 4.44. The van der Waals surface area contributed by atoms with Crippen LogP contribution in [-0.4, -0.2) is 38.5 Å². The Labute approximate surface area is 85.7 Å². The average Bonchev–Trinajstić information content (AvgIpc) is 1.99. The lowest BCUT2D eigenvalue weighted by atomic mass is 10.2. The Balaban J connectivity index is 4.47. The van der Waals surface area contributed by atoms with E-state index in [1.165, 1.54) is 6.26 Å². The molecule has 0 aromatic heterocycles. The maximum atomic E-state index is 11.3. The van der Waals surface area contributed by atoms with Crippen LogP contribution in [0.25, 0.3) is 0 Å². The number of sulfone groups is 1. The van der Waals surface area contributed by atoms with Gasteiger partial charge in [-0.3, -0.25) is 4.99 Å². The van der Waals surface area contributed by atoms with Crippen LogP contribution in [0.15, 0.2) is 4.99 Å². The molecule has 0 fully saturated rings. The number of hydrogen-bond donors (Lipinski definition) is 2. The Morgan fingerprint density at radius 1 is 1.50 bits per heavy atom. The molecular formula is C8H19N3O2S. The van der Waals surface area contributed by atoms with Crippen LogP contribution in [0.3, 0.4) is 0 Å². The topological polar surface area (TPSA) is 84.5 Å². The summed E-state index contributed by atoms with van der Waals surface area (Å²) in [6, 6.07) is 0. The summed E-state index contributed by atoms with van der Waals surface area (Å²) in [5.41, 5.74) is 5.48. The smallest absolute Gasteiger partial charge is 0.188 e. The van der Waals surface area contributed by atoms with E-state index in [-0.39, 0.29) is 12.5 Å². The van der Waals surface area contributed by atoms with Crippen LogP contribution in [0, 0.1) is 0 Å². The second kappa shape index (κ2) is 4.63. The molecule has 0 aromatic rings. The highest BCUT2D eigenvalue weighted by Gasteiger charge is 2.29. The molecule has 0 heterocycles. The van der Waals surface area contributed by atoms with Crippen molar-refractivity contribution in [2.45, 2.75) is 25.5 Å². The highest BCUT2D eigenvalue weighted by molar-refractivity contribution is 7.92. The largest absolute Gasteiger partial charge is 0.370 e. The van der Waals surface area contributed by atoms with Crippen LogP contribution in [0.4, 0.5) is 0 Å². The summed E-state index contributed by atoms with van der Waals surface area (Å²) in [5.74, 6) is 0.282. The third-order valence-electron chi connectivity index (χ3n) is 1.99. The van der Waals surface area contributed by atoms with E-state index < -0.39 is 14.6 Å². The monoisotopic (exact) mass is 221 g/mol. The van der Waals surface area contributed by atoms with Gasteiger partial charge in [-0.15, -0.1) is 0 Å². The summed E-state index contributed by atoms with van der Waals surface area (Å²) in [6.07, 6.45) is 1.20. The lowest BCUT2D eigenvalue weighted by molar-refractivity contribution is 0.555. The molecule has 3 N–H and O–H groups in total. The van der Waals surface area contributed by atoms with Crippen molar-refractivity contribution in [1.29, 1.82) is 0 Å². The lowest BCUT2D eigenvalue weighted by Gasteiger charge is -2.19. The van der Waals surface area contributed by atoms with Gasteiger partial charge in [-0.05, 0) is 20.8 Å². The Morgan fingerprint density at radius 2 is 2.00 bits per heavy atom. The van der Waals surface area contributed by atoms with E-state index in [1.54, 1.807) is 13.8 Å². The predicted molar refractivity (Wildman–Crippen MR) is 59.1 cm³/mol. The summed E-state index contributed by atoms with van der Waals surface area (Å²) >= 11 is 0. The zero-order valence-electron chi connectivity index (χ0n) is 9.16. The molecule has 6 heteroatoms. The van der Waals surface area contributed by atoms with Crippen molar-refractivity contribution in [2.75, 3.05) is 19.3 Å². The molecule has 0 amide bonds. The van der Waals surface area contributed by atoms with Gasteiger partial charge in [0.2, 0.25) is 0 Å². The number of hydrogen-bond acceptors (Lipinski definition) is 3. The number of rotatable bonds is 4. The molecule has 5 nitrogen and oxygen atoms in total. The van der Waals surface area contributed by atoms with Gasteiger partial charge in [-0.2, -0.15) is 0 Å². The van der Waals surface area contributed by atoms with E-state index in [0.29, 0.717) is 6.54 Å². The molecule has 0 atom stereocenters. The van der Waals surface area contributed by atoms with Crippen LogP contribution in [0.1, 0.15) is 20.8 Å². The zero-order chi connectivity index (χ0) is 11.4. The first-order valence-corrected chi connectivity index (χ1v) is 6.33. The van der Waals surface area contributed by atoms with Crippen LogP contribution >= 0.6 is 0 Å². The van der Waals surface area contributed by atoms with Crippen LogP contribution in [0.2, 0.25) is 0 Å². The van der Waals surface area contributed by atoms with Gasteiger partial charge in [0, 0.05) is 12.8 Å². The van der Waals surface area contributed by atoms with E-state index >= 15 is 0 Å². The Hall–Kier alpha value is -0.780. The molecule has 14 heavy (non-hydrogen) atoms. The minimum atomic E-state index is -3.10. The second-order valence-electron chi connectivity index (χ2n) is 3.76. The fourth-order valence-corrected chi connectivity index (χ4v) is 0.929. The summed E-state index contributed by atoms with van der Waals surface area (Å²) < 4.78 is 21.7. The first-order chi connectivity index (χ1) is 6.20. The molecule has 0 aliphatic rings. The van der Waals surface area contributed by atoms with E-state index in [0.717, 1.165) is 0 Å². The van der Waals surface area contributed by atoms with Crippen LogP contribution in [-0.2, 0) is 9.84 Å². The average molecular weight is 221 g/mol. The summed E-state index contributed by atoms with van der Waals surface area (Å²) in [7, 11) is -3.10. The Bertz CT molecular complexity index is 307. The number of guanidine groups is 1. The highest BCUT2D eigenvalue weighted by Crippen LogP contribution is 2.14. The molecule has 0 aromatic carbocycles. The van der Waals surface area contributed by atoms with Gasteiger partial charge in [0.15, 0.2) is 15.8 Å². The molecule has 0 saturated heterocycles. The lowest BCUT2D eigenvalue weighted by Crippen LogP contribution is -2.37. The number of nitrogens with two attached hydrogens (primary N) is 1. The third-order valence-corrected chi connectivity index (χ3v) is 4.13. The number of nitrogens with zero attached hydrogens (tertiary/aromatic N) is 1. The predicted octanol–water partition coefficient (Wildman–Crippen LogP) is -0.266. The van der Waals surface area contributed by atoms with E-state index in [2.05, 4.69) is 10.3 Å². The van der Waals surface area contributed by atoms with Gasteiger partial charge >= 0.3 is 0 Å². The van der Waals surface area contributed by atoms with Gasteiger partial charge in [-0.1, -0.05) is 0 Å². The highest BCUT2D eigenvalue weighted by atomic mass is 32.2. The molecule has 0 unspecified atom stereocenters. The molecule has 84 valence electrons. The normalized spacial score (nSPS) is 14.1. The molecule has 0 saturated carbocycles. The van der Waals surface area contributed by atoms with Gasteiger partial charge in [0.05, 0.1) is 11.3 Å². The van der Waals surface area contributed by atoms with Gasteiger partial charge in [0.1, 0.15) is 0 Å². The maximum absolute atomic E-state index is 11.3. The second-order valence-corrected chi connectivity index (χ2v) is 6.41. The van der Waals surface area contributed by atoms with Gasteiger partial charge < -0.3 is 11.1 Å². The standard InChI is InChI=1S/C8H19N3O2S/c1-5-10-7(9)11-6-8(2,3)14(4,12)13/h5-6H2,1-4H3,(H3,9,10,11). The fraction of sp³-hybridized carbons (Fsp3) is 0.875. The molecule has 0 spiro atoms. The van der Waals surface area contributed by atoms with Crippen LogP contribution in [0.5, 0.6) is 0 Å². The van der Waals surface area contributed by atoms with Gasteiger partial charge in [0.25, 0.3) is 0 Å². The Morgan fingerprint density at radius 3 is 2.36 bits per heavy atom. The Kier molecular flexibility index (Phi) is 4.38. The minimum Gasteiger partial charge on any atom is -0.370 e. The SMILES string of the molecule is CCNC(N)=NCC(C)(C)S(C)(=O)=O. The molecule has 0 aliphatic carbocycles. The third kappa shape index (κ3) is 3.95. The van der Waals surface area contributed by atoms with Crippen molar-refractivity contribution in [3.63, 3.8) is 0 Å². The fourth-order valence-electron chi connectivity index (χ4n) is 0.630. The maximum Gasteiger partial charge on any atom is 0.188 e. The zero-order valence-corrected chi connectivity index (χ0v) is 9.98. The molecule has 0 aliphatic heterocycles. The quantitative estimate of drug-likeness (QED) is 0.506. The molecule has 0 bridgehead atoms. The van der Waals surface area contributed by atoms with Crippen molar-refractivity contribution >= 4 is 15.8 Å². The van der Waals surface area contributed by atoms with Crippen molar-refractivity contribution < 1.29 is 8.42 Å². The summed E-state index contributed by atoms with van der Waals surface area (Å²) in [5, 5.41) is 2.80. The van der Waals surface area contributed by atoms with Crippen molar-refractivity contribution in [2.24, 2.45) is 10.7 Å². The van der Waals surface area contributed by atoms with E-state index in [1.807, 2.05) is 6.92 Å². The van der Waals surface area contributed by atoms with Crippen LogP contribution < -0.4 is 11.1 Å². The molecule has 0 radical (unpaired) electrons. The number of aliphatic imine (C=N–C) groups is 1. The first kappa shape index (κ1) is 13.2. The van der Waals surface area contributed by atoms with Gasteiger partial charge in [-0.25, -0.2) is 8.42 Å². The van der Waals surface area contributed by atoms with Crippen molar-refractivity contribution in [1.82, 2.24) is 5.32 Å². The summed E-state index contributed by atoms with van der Waals surface area (Å²) in [4.78, 5) is 3.96. The minimum absolute atomic E-state index is 0.171. The summed E-state index contributed by atoms with van der Waals surface area (Å²) in [6.45, 7) is 6.00. The number of nitrogens with one attached hydrogen (secondary N) is 1. The molecular weight excluding hydrogens is 202 g/mol. The van der Waals surface area contributed by atoms with E-state index in [4.69, 9.17) is 5.73 Å². The molecule has 0 rings (SSSR count).